The molecular formula is C14H16N4. The Balaban J connectivity index is 2.15. The Morgan fingerprint density at radius 2 is 1.78 bits per heavy atom. The fourth-order valence-electron chi connectivity index (χ4n) is 2.39. The Labute approximate surface area is 108 Å². The number of piperazine rings is 1. The zero-order valence-electron chi connectivity index (χ0n) is 10.3. The summed E-state index contributed by atoms with van der Waals surface area (Å²) < 4.78 is 0. The van der Waals surface area contributed by atoms with Gasteiger partial charge in [-0.1, -0.05) is 30.3 Å². The third-order valence-corrected chi connectivity index (χ3v) is 3.33. The first-order valence-corrected chi connectivity index (χ1v) is 6.10. The highest BCUT2D eigenvalue weighted by atomic mass is 15.3. The molecule has 0 radical (unpaired) electrons. The predicted octanol–water partition coefficient (Wildman–Crippen LogP) is 1.39. The van der Waals surface area contributed by atoms with Gasteiger partial charge in [0.15, 0.2) is 0 Å². The van der Waals surface area contributed by atoms with Crippen LogP contribution < -0.4 is 0 Å². The summed E-state index contributed by atoms with van der Waals surface area (Å²) >= 11 is 0. The molecule has 0 bridgehead atoms. The molecule has 4 nitrogen and oxygen atoms in total. The van der Waals surface area contributed by atoms with Gasteiger partial charge in [0.1, 0.15) is 0 Å². The van der Waals surface area contributed by atoms with Gasteiger partial charge in [0.2, 0.25) is 0 Å². The second-order valence-corrected chi connectivity index (χ2v) is 4.45. The summed E-state index contributed by atoms with van der Waals surface area (Å²) in [4.78, 5) is 4.33. The van der Waals surface area contributed by atoms with E-state index in [-0.39, 0.29) is 6.04 Å². The summed E-state index contributed by atoms with van der Waals surface area (Å²) in [6, 6.07) is 14.8. The van der Waals surface area contributed by atoms with Crippen LogP contribution in [0, 0.1) is 22.7 Å². The molecule has 1 aliphatic rings. The number of benzene rings is 1. The summed E-state index contributed by atoms with van der Waals surface area (Å²) in [6.45, 7) is 3.43. The third-order valence-electron chi connectivity index (χ3n) is 3.33. The number of hydrogen-bond acceptors (Lipinski definition) is 4. The quantitative estimate of drug-likeness (QED) is 0.749. The first kappa shape index (κ1) is 12.6. The van der Waals surface area contributed by atoms with Gasteiger partial charge < -0.3 is 0 Å². The minimum atomic E-state index is 0.216. The first-order valence-electron chi connectivity index (χ1n) is 6.10. The van der Waals surface area contributed by atoms with E-state index in [1.165, 1.54) is 5.56 Å². The Kier molecular flexibility index (Phi) is 4.30. The van der Waals surface area contributed by atoms with Crippen molar-refractivity contribution in [2.45, 2.75) is 6.04 Å². The molecule has 0 N–H and O–H groups in total. The summed E-state index contributed by atoms with van der Waals surface area (Å²) in [5.74, 6) is 0. The molecule has 0 aliphatic carbocycles. The van der Waals surface area contributed by atoms with Crippen LogP contribution >= 0.6 is 0 Å². The van der Waals surface area contributed by atoms with E-state index in [9.17, 15) is 0 Å². The maximum atomic E-state index is 8.89. The molecule has 0 amide bonds. The highest BCUT2D eigenvalue weighted by molar-refractivity contribution is 5.20. The van der Waals surface area contributed by atoms with Gasteiger partial charge in [0, 0.05) is 25.7 Å². The van der Waals surface area contributed by atoms with E-state index >= 15 is 0 Å². The minimum Gasteiger partial charge on any atom is -0.287 e. The second kappa shape index (κ2) is 6.16. The molecule has 1 aliphatic heterocycles. The number of hydrogen-bond donors (Lipinski definition) is 0. The van der Waals surface area contributed by atoms with Crippen LogP contribution in [0.5, 0.6) is 0 Å². The normalized spacial score (nSPS) is 21.1. The van der Waals surface area contributed by atoms with Crippen LogP contribution in [-0.4, -0.2) is 42.5 Å². The number of nitriles is 2. The van der Waals surface area contributed by atoms with Crippen molar-refractivity contribution in [3.05, 3.63) is 35.9 Å². The fourth-order valence-corrected chi connectivity index (χ4v) is 2.39. The molecule has 1 fully saturated rings. The molecule has 1 aromatic carbocycles. The van der Waals surface area contributed by atoms with Gasteiger partial charge in [-0.3, -0.25) is 9.80 Å². The molecule has 1 heterocycles. The monoisotopic (exact) mass is 240 g/mol. The smallest absolute Gasteiger partial charge is 0.0871 e. The SMILES string of the molecule is N#CCN1CCN(CC#N)C(c2ccccc2)C1. The van der Waals surface area contributed by atoms with E-state index in [0.717, 1.165) is 19.6 Å². The van der Waals surface area contributed by atoms with Crippen LogP contribution in [0.25, 0.3) is 0 Å². The van der Waals surface area contributed by atoms with Crippen LogP contribution in [0.2, 0.25) is 0 Å². The lowest BCUT2D eigenvalue weighted by Crippen LogP contribution is -2.48. The molecule has 0 saturated carbocycles. The largest absolute Gasteiger partial charge is 0.287 e. The third kappa shape index (κ3) is 2.87. The molecule has 1 saturated heterocycles. The molecule has 0 spiro atoms. The first-order chi connectivity index (χ1) is 8.85. The van der Waals surface area contributed by atoms with Gasteiger partial charge in [-0.05, 0) is 5.56 Å². The average molecular weight is 240 g/mol. The van der Waals surface area contributed by atoms with Gasteiger partial charge in [0.25, 0.3) is 0 Å². The minimum absolute atomic E-state index is 0.216. The van der Waals surface area contributed by atoms with Crippen molar-refractivity contribution >= 4 is 0 Å². The van der Waals surface area contributed by atoms with Crippen LogP contribution in [0.1, 0.15) is 11.6 Å². The molecule has 1 aromatic rings. The van der Waals surface area contributed by atoms with Gasteiger partial charge in [-0.15, -0.1) is 0 Å². The molecule has 0 aromatic heterocycles. The summed E-state index contributed by atoms with van der Waals surface area (Å²) in [5.41, 5.74) is 1.22. The van der Waals surface area contributed by atoms with Crippen molar-refractivity contribution in [2.75, 3.05) is 32.7 Å². The van der Waals surface area contributed by atoms with Crippen molar-refractivity contribution in [1.29, 1.82) is 10.5 Å². The lowest BCUT2D eigenvalue weighted by Gasteiger charge is -2.39. The predicted molar refractivity (Wildman–Crippen MR) is 68.4 cm³/mol. The van der Waals surface area contributed by atoms with E-state index in [4.69, 9.17) is 10.5 Å². The zero-order chi connectivity index (χ0) is 12.8. The summed E-state index contributed by atoms with van der Waals surface area (Å²) in [7, 11) is 0. The Morgan fingerprint density at radius 3 is 2.44 bits per heavy atom. The number of rotatable bonds is 3. The van der Waals surface area contributed by atoms with E-state index in [0.29, 0.717) is 13.1 Å². The van der Waals surface area contributed by atoms with E-state index in [2.05, 4.69) is 34.1 Å². The summed E-state index contributed by atoms with van der Waals surface area (Å²) in [6.07, 6.45) is 0. The lowest BCUT2D eigenvalue weighted by molar-refractivity contribution is 0.0938. The highest BCUT2D eigenvalue weighted by Gasteiger charge is 2.27. The Hall–Kier alpha value is -1.88. The van der Waals surface area contributed by atoms with Crippen LogP contribution in [0.15, 0.2) is 30.3 Å². The Bertz CT molecular complexity index is 457. The average Bonchev–Trinajstić information content (AvgIpc) is 2.42. The fraction of sp³-hybridized carbons (Fsp3) is 0.429. The van der Waals surface area contributed by atoms with Gasteiger partial charge in [0.05, 0.1) is 25.2 Å². The Morgan fingerprint density at radius 1 is 1.06 bits per heavy atom. The van der Waals surface area contributed by atoms with Crippen molar-refractivity contribution < 1.29 is 0 Å². The molecule has 18 heavy (non-hydrogen) atoms. The zero-order valence-corrected chi connectivity index (χ0v) is 10.3. The van der Waals surface area contributed by atoms with Gasteiger partial charge in [-0.25, -0.2) is 0 Å². The van der Waals surface area contributed by atoms with Crippen molar-refractivity contribution in [1.82, 2.24) is 9.80 Å². The van der Waals surface area contributed by atoms with Gasteiger partial charge in [-0.2, -0.15) is 10.5 Å². The van der Waals surface area contributed by atoms with Crippen LogP contribution in [0.4, 0.5) is 0 Å². The molecular weight excluding hydrogens is 224 g/mol. The maximum Gasteiger partial charge on any atom is 0.0871 e. The van der Waals surface area contributed by atoms with E-state index in [1.807, 2.05) is 18.2 Å². The topological polar surface area (TPSA) is 54.1 Å². The standard InChI is InChI=1S/C14H16N4/c15-6-8-17-10-11-18(9-7-16)14(12-17)13-4-2-1-3-5-13/h1-5,14H,8-12H2. The van der Waals surface area contributed by atoms with E-state index in [1.54, 1.807) is 0 Å². The van der Waals surface area contributed by atoms with Crippen molar-refractivity contribution in [2.24, 2.45) is 0 Å². The second-order valence-electron chi connectivity index (χ2n) is 4.45. The van der Waals surface area contributed by atoms with Gasteiger partial charge >= 0.3 is 0 Å². The number of nitrogens with zero attached hydrogens (tertiary/aromatic N) is 4. The molecule has 92 valence electrons. The molecule has 1 unspecified atom stereocenters. The molecule has 1 atom stereocenters. The summed E-state index contributed by atoms with van der Waals surface area (Å²) in [5, 5.41) is 17.7. The lowest BCUT2D eigenvalue weighted by atomic mass is 10.0. The van der Waals surface area contributed by atoms with Crippen LogP contribution in [-0.2, 0) is 0 Å². The van der Waals surface area contributed by atoms with E-state index < -0.39 is 0 Å². The highest BCUT2D eigenvalue weighted by Crippen LogP contribution is 2.24. The van der Waals surface area contributed by atoms with Crippen molar-refractivity contribution in [3.8, 4) is 12.1 Å². The van der Waals surface area contributed by atoms with Crippen molar-refractivity contribution in [3.63, 3.8) is 0 Å². The molecule has 2 rings (SSSR count). The maximum absolute atomic E-state index is 8.89. The van der Waals surface area contributed by atoms with Crippen LogP contribution in [0.3, 0.4) is 0 Å². The molecule has 4 heteroatoms.